The first-order chi connectivity index (χ1) is 6.18. The molecule has 6 heteroatoms. The molecular formula is C7H3BrN2O2S. The molecule has 4 nitrogen and oxygen atoms in total. The standard InChI is InChI=1S/C7H3BrN2O2S/c8-4-1-3(7(11)12)2-5-6(4)10-13-9-5/h1-2H,(H,11,12). The summed E-state index contributed by atoms with van der Waals surface area (Å²) in [5, 5.41) is 8.74. The van der Waals surface area contributed by atoms with Gasteiger partial charge in [0, 0.05) is 4.47 Å². The maximum absolute atomic E-state index is 10.7. The second-order valence-electron chi connectivity index (χ2n) is 2.40. The van der Waals surface area contributed by atoms with Gasteiger partial charge in [0.2, 0.25) is 0 Å². The fourth-order valence-electron chi connectivity index (χ4n) is 0.973. The van der Waals surface area contributed by atoms with E-state index < -0.39 is 5.97 Å². The van der Waals surface area contributed by atoms with Crippen molar-refractivity contribution in [3.63, 3.8) is 0 Å². The lowest BCUT2D eigenvalue weighted by molar-refractivity contribution is 0.0697. The Bertz CT molecular complexity index is 482. The van der Waals surface area contributed by atoms with Gasteiger partial charge in [-0.25, -0.2) is 4.79 Å². The average molecular weight is 259 g/mol. The zero-order chi connectivity index (χ0) is 9.42. The number of halogens is 1. The number of hydrogen-bond donors (Lipinski definition) is 1. The van der Waals surface area contributed by atoms with Crippen LogP contribution < -0.4 is 0 Å². The highest BCUT2D eigenvalue weighted by molar-refractivity contribution is 9.10. The van der Waals surface area contributed by atoms with Crippen LogP contribution in [0.5, 0.6) is 0 Å². The van der Waals surface area contributed by atoms with Gasteiger partial charge >= 0.3 is 5.97 Å². The molecule has 0 aliphatic rings. The largest absolute Gasteiger partial charge is 0.478 e. The average Bonchev–Trinajstić information content (AvgIpc) is 2.51. The fraction of sp³-hybridized carbons (Fsp3) is 0. The second kappa shape index (κ2) is 3.04. The van der Waals surface area contributed by atoms with Crippen molar-refractivity contribution in [1.29, 1.82) is 0 Å². The van der Waals surface area contributed by atoms with Crippen LogP contribution in [0.3, 0.4) is 0 Å². The number of fused-ring (bicyclic) bond motifs is 1. The van der Waals surface area contributed by atoms with Crippen LogP contribution in [0.2, 0.25) is 0 Å². The minimum atomic E-state index is -0.962. The Morgan fingerprint density at radius 1 is 1.46 bits per heavy atom. The molecule has 1 aromatic heterocycles. The smallest absolute Gasteiger partial charge is 0.335 e. The van der Waals surface area contributed by atoms with Gasteiger partial charge in [0.05, 0.1) is 17.3 Å². The molecule has 13 heavy (non-hydrogen) atoms. The summed E-state index contributed by atoms with van der Waals surface area (Å²) >= 11 is 4.30. The van der Waals surface area contributed by atoms with Gasteiger partial charge in [0.1, 0.15) is 11.0 Å². The van der Waals surface area contributed by atoms with E-state index in [-0.39, 0.29) is 5.56 Å². The molecule has 0 amide bonds. The SMILES string of the molecule is O=C(O)c1cc(Br)c2nsnc2c1. The number of nitrogens with zero attached hydrogens (tertiary/aromatic N) is 2. The number of aromatic nitrogens is 2. The third-order valence-electron chi connectivity index (χ3n) is 1.56. The highest BCUT2D eigenvalue weighted by Gasteiger charge is 2.09. The van der Waals surface area contributed by atoms with Crippen LogP contribution in [0.25, 0.3) is 11.0 Å². The maximum Gasteiger partial charge on any atom is 0.335 e. The number of carboxylic acid groups (broad SMARTS) is 1. The van der Waals surface area contributed by atoms with E-state index in [0.717, 1.165) is 11.7 Å². The van der Waals surface area contributed by atoms with Gasteiger partial charge in [-0.3, -0.25) is 0 Å². The summed E-state index contributed by atoms with van der Waals surface area (Å²) in [6.07, 6.45) is 0. The quantitative estimate of drug-likeness (QED) is 0.852. The maximum atomic E-state index is 10.7. The lowest BCUT2D eigenvalue weighted by Gasteiger charge is -1.95. The van der Waals surface area contributed by atoms with Crippen molar-refractivity contribution in [1.82, 2.24) is 8.75 Å². The highest BCUT2D eigenvalue weighted by Crippen LogP contribution is 2.23. The summed E-state index contributed by atoms with van der Waals surface area (Å²) in [5.41, 5.74) is 1.53. The molecule has 2 aromatic rings. The van der Waals surface area contributed by atoms with E-state index in [2.05, 4.69) is 24.7 Å². The minimum Gasteiger partial charge on any atom is -0.478 e. The molecule has 0 unspecified atom stereocenters. The van der Waals surface area contributed by atoms with Crippen molar-refractivity contribution in [2.75, 3.05) is 0 Å². The topological polar surface area (TPSA) is 63.1 Å². The molecule has 0 saturated carbocycles. The summed E-state index contributed by atoms with van der Waals surface area (Å²) in [6.45, 7) is 0. The van der Waals surface area contributed by atoms with E-state index in [4.69, 9.17) is 5.11 Å². The molecule has 0 bridgehead atoms. The van der Waals surface area contributed by atoms with Gasteiger partial charge in [-0.2, -0.15) is 8.75 Å². The summed E-state index contributed by atoms with van der Waals surface area (Å²) in [7, 11) is 0. The molecule has 0 aliphatic heterocycles. The fourth-order valence-corrected chi connectivity index (χ4v) is 2.17. The minimum absolute atomic E-state index is 0.215. The van der Waals surface area contributed by atoms with Crippen LogP contribution in [0, 0.1) is 0 Å². The van der Waals surface area contributed by atoms with E-state index in [1.807, 2.05) is 0 Å². The van der Waals surface area contributed by atoms with Gasteiger partial charge < -0.3 is 5.11 Å². The Morgan fingerprint density at radius 2 is 2.23 bits per heavy atom. The van der Waals surface area contributed by atoms with E-state index in [1.165, 1.54) is 12.1 Å². The van der Waals surface area contributed by atoms with Gasteiger partial charge in [0.15, 0.2) is 0 Å². The van der Waals surface area contributed by atoms with Crippen molar-refractivity contribution in [2.45, 2.75) is 0 Å². The predicted molar refractivity (Wildman–Crippen MR) is 52.1 cm³/mol. The van der Waals surface area contributed by atoms with Crippen LogP contribution in [-0.4, -0.2) is 19.8 Å². The molecule has 0 radical (unpaired) electrons. The zero-order valence-corrected chi connectivity index (χ0v) is 8.59. The summed E-state index contributed by atoms with van der Waals surface area (Å²) in [6, 6.07) is 3.03. The van der Waals surface area contributed by atoms with Crippen LogP contribution in [0.15, 0.2) is 16.6 Å². The van der Waals surface area contributed by atoms with Crippen LogP contribution in [-0.2, 0) is 0 Å². The first-order valence-corrected chi connectivity index (χ1v) is 4.86. The Kier molecular flexibility index (Phi) is 2.01. The Balaban J connectivity index is 2.77. The Labute approximate surface area is 85.7 Å². The Hall–Kier alpha value is -1.01. The number of aromatic carboxylic acids is 1. The van der Waals surface area contributed by atoms with Crippen LogP contribution in [0.1, 0.15) is 10.4 Å². The van der Waals surface area contributed by atoms with E-state index in [0.29, 0.717) is 15.5 Å². The van der Waals surface area contributed by atoms with Crippen molar-refractivity contribution < 1.29 is 9.90 Å². The summed E-state index contributed by atoms with van der Waals surface area (Å²) in [5.74, 6) is -0.962. The normalized spacial score (nSPS) is 10.5. The van der Waals surface area contributed by atoms with E-state index >= 15 is 0 Å². The third-order valence-corrected chi connectivity index (χ3v) is 2.71. The predicted octanol–water partition coefficient (Wildman–Crippen LogP) is 2.15. The van der Waals surface area contributed by atoms with E-state index in [1.54, 1.807) is 0 Å². The molecule has 66 valence electrons. The van der Waals surface area contributed by atoms with Gasteiger partial charge in [0.25, 0.3) is 0 Å². The van der Waals surface area contributed by atoms with Gasteiger partial charge in [-0.15, -0.1) is 0 Å². The first kappa shape index (κ1) is 8.58. The molecule has 1 N–H and O–H groups in total. The lowest BCUT2D eigenvalue weighted by atomic mass is 10.2. The molecule has 0 atom stereocenters. The van der Waals surface area contributed by atoms with Crippen molar-refractivity contribution in [3.05, 3.63) is 22.2 Å². The lowest BCUT2D eigenvalue weighted by Crippen LogP contribution is -1.95. The van der Waals surface area contributed by atoms with E-state index in [9.17, 15) is 4.79 Å². The molecule has 2 rings (SSSR count). The molecule has 1 aromatic carbocycles. The number of hydrogen-bond acceptors (Lipinski definition) is 4. The molecule has 0 spiro atoms. The van der Waals surface area contributed by atoms with Crippen molar-refractivity contribution in [3.8, 4) is 0 Å². The second-order valence-corrected chi connectivity index (χ2v) is 3.78. The highest BCUT2D eigenvalue weighted by atomic mass is 79.9. The first-order valence-electron chi connectivity index (χ1n) is 3.33. The van der Waals surface area contributed by atoms with Crippen LogP contribution in [0.4, 0.5) is 0 Å². The molecule has 1 heterocycles. The van der Waals surface area contributed by atoms with Crippen molar-refractivity contribution in [2.24, 2.45) is 0 Å². The third kappa shape index (κ3) is 1.42. The molecular weight excluding hydrogens is 256 g/mol. The molecule has 0 saturated heterocycles. The number of carboxylic acids is 1. The Morgan fingerprint density at radius 3 is 2.92 bits per heavy atom. The summed E-state index contributed by atoms with van der Waals surface area (Å²) < 4.78 is 8.63. The number of rotatable bonds is 1. The molecule has 0 aliphatic carbocycles. The van der Waals surface area contributed by atoms with Gasteiger partial charge in [-0.1, -0.05) is 0 Å². The summed E-state index contributed by atoms with van der Waals surface area (Å²) in [4.78, 5) is 10.7. The monoisotopic (exact) mass is 258 g/mol. The van der Waals surface area contributed by atoms with Crippen LogP contribution >= 0.6 is 27.7 Å². The molecule has 0 fully saturated rings. The number of benzene rings is 1. The van der Waals surface area contributed by atoms with Gasteiger partial charge in [-0.05, 0) is 28.1 Å². The number of carbonyl (C=O) groups is 1. The van der Waals surface area contributed by atoms with Crippen molar-refractivity contribution >= 4 is 44.7 Å². The zero-order valence-electron chi connectivity index (χ0n) is 6.19.